The Kier molecular flexibility index (Phi) is 2.14. The van der Waals surface area contributed by atoms with E-state index in [2.05, 4.69) is 14.7 Å². The van der Waals surface area contributed by atoms with Crippen LogP contribution in [-0.2, 0) is 6.54 Å². The molecule has 0 bridgehead atoms. The molecule has 0 atom stereocenters. The minimum absolute atomic E-state index is 0.439. The smallest absolute Gasteiger partial charge is 0.296 e. The van der Waals surface area contributed by atoms with Gasteiger partial charge in [-0.1, -0.05) is 11.2 Å². The van der Waals surface area contributed by atoms with E-state index in [1.54, 1.807) is 19.3 Å². The summed E-state index contributed by atoms with van der Waals surface area (Å²) >= 11 is 0. The second-order valence-corrected chi connectivity index (χ2v) is 2.94. The molecule has 2 heterocycles. The molecule has 0 radical (unpaired) electrons. The van der Waals surface area contributed by atoms with Crippen molar-refractivity contribution >= 4 is 0 Å². The third kappa shape index (κ3) is 1.56. The van der Waals surface area contributed by atoms with Crippen LogP contribution in [0.1, 0.15) is 11.4 Å². The lowest BCUT2D eigenvalue weighted by Crippen LogP contribution is -2.16. The number of pyridine rings is 1. The molecule has 0 saturated heterocycles. The minimum Gasteiger partial charge on any atom is -0.296 e. The first-order chi connectivity index (χ1) is 6.77. The number of rotatable bonds is 2. The monoisotopic (exact) mass is 191 g/mol. The molecule has 0 aliphatic carbocycles. The van der Waals surface area contributed by atoms with Gasteiger partial charge in [-0.05, 0) is 18.6 Å². The van der Waals surface area contributed by atoms with Crippen molar-refractivity contribution in [3.8, 4) is 0 Å². The van der Waals surface area contributed by atoms with E-state index in [4.69, 9.17) is 0 Å². The molecule has 0 spiro atoms. The first-order valence-corrected chi connectivity index (χ1v) is 4.19. The highest BCUT2D eigenvalue weighted by atomic mass is 16.5. The van der Waals surface area contributed by atoms with Gasteiger partial charge in [0.05, 0.1) is 6.54 Å². The van der Waals surface area contributed by atoms with E-state index >= 15 is 0 Å². The number of aromatic nitrogens is 3. The lowest BCUT2D eigenvalue weighted by Gasteiger charge is -2.00. The Bertz CT molecular complexity index is 472. The lowest BCUT2D eigenvalue weighted by atomic mass is 10.3. The van der Waals surface area contributed by atoms with Crippen LogP contribution >= 0.6 is 0 Å². The van der Waals surface area contributed by atoms with Crippen LogP contribution in [0.15, 0.2) is 33.8 Å². The van der Waals surface area contributed by atoms with Gasteiger partial charge in [0.1, 0.15) is 0 Å². The molecule has 0 aliphatic rings. The first kappa shape index (κ1) is 8.68. The van der Waals surface area contributed by atoms with Gasteiger partial charge in [0.2, 0.25) is 0 Å². The van der Waals surface area contributed by atoms with E-state index in [0.29, 0.717) is 12.4 Å². The highest BCUT2D eigenvalue weighted by Gasteiger charge is 2.05. The van der Waals surface area contributed by atoms with Crippen molar-refractivity contribution < 1.29 is 4.52 Å². The summed E-state index contributed by atoms with van der Waals surface area (Å²) in [5.41, 5.74) is 0.945. The maximum absolute atomic E-state index is 11.2. The zero-order valence-electron chi connectivity index (χ0n) is 7.67. The van der Waals surface area contributed by atoms with Crippen LogP contribution in [-0.4, -0.2) is 14.7 Å². The fourth-order valence-corrected chi connectivity index (χ4v) is 1.19. The zero-order chi connectivity index (χ0) is 9.97. The SMILES string of the molecule is Cc1noc(=O)n1Cc1cccnc1. The van der Waals surface area contributed by atoms with Crippen molar-refractivity contribution in [3.63, 3.8) is 0 Å². The summed E-state index contributed by atoms with van der Waals surface area (Å²) in [7, 11) is 0. The maximum atomic E-state index is 11.2. The summed E-state index contributed by atoms with van der Waals surface area (Å²) in [6.45, 7) is 2.17. The number of nitrogens with zero attached hydrogens (tertiary/aromatic N) is 3. The molecule has 2 aromatic rings. The van der Waals surface area contributed by atoms with Crippen LogP contribution in [0.2, 0.25) is 0 Å². The van der Waals surface area contributed by atoms with Crippen LogP contribution in [0, 0.1) is 6.92 Å². The third-order valence-electron chi connectivity index (χ3n) is 1.93. The second-order valence-electron chi connectivity index (χ2n) is 2.94. The van der Waals surface area contributed by atoms with Gasteiger partial charge in [-0.25, -0.2) is 4.79 Å². The Morgan fingerprint density at radius 1 is 1.57 bits per heavy atom. The molecule has 0 amide bonds. The van der Waals surface area contributed by atoms with Gasteiger partial charge >= 0.3 is 5.76 Å². The molecule has 0 unspecified atom stereocenters. The fraction of sp³-hybridized carbons (Fsp3) is 0.222. The van der Waals surface area contributed by atoms with Crippen molar-refractivity contribution in [1.29, 1.82) is 0 Å². The Labute approximate surface area is 80.0 Å². The topological polar surface area (TPSA) is 60.9 Å². The molecule has 0 aliphatic heterocycles. The Morgan fingerprint density at radius 2 is 2.43 bits per heavy atom. The minimum atomic E-state index is -0.439. The highest BCUT2D eigenvalue weighted by Crippen LogP contribution is 1.99. The highest BCUT2D eigenvalue weighted by molar-refractivity contribution is 5.09. The normalized spacial score (nSPS) is 10.4. The summed E-state index contributed by atoms with van der Waals surface area (Å²) in [6.07, 6.45) is 3.39. The van der Waals surface area contributed by atoms with Crippen molar-refractivity contribution in [1.82, 2.24) is 14.7 Å². The van der Waals surface area contributed by atoms with E-state index in [0.717, 1.165) is 5.56 Å². The van der Waals surface area contributed by atoms with Crippen LogP contribution in [0.4, 0.5) is 0 Å². The molecule has 5 nitrogen and oxygen atoms in total. The van der Waals surface area contributed by atoms with E-state index in [1.165, 1.54) is 4.57 Å². The average molecular weight is 191 g/mol. The van der Waals surface area contributed by atoms with Gasteiger partial charge in [0, 0.05) is 12.4 Å². The number of hydrogen-bond acceptors (Lipinski definition) is 4. The second kappa shape index (κ2) is 3.45. The van der Waals surface area contributed by atoms with Gasteiger partial charge in [-0.3, -0.25) is 14.1 Å². The first-order valence-electron chi connectivity index (χ1n) is 4.19. The molecular formula is C9H9N3O2. The van der Waals surface area contributed by atoms with Crippen LogP contribution in [0.3, 0.4) is 0 Å². The van der Waals surface area contributed by atoms with Gasteiger partial charge in [-0.2, -0.15) is 0 Å². The molecule has 0 aromatic carbocycles. The quantitative estimate of drug-likeness (QED) is 0.696. The number of hydrogen-bond donors (Lipinski definition) is 0. The predicted molar refractivity (Wildman–Crippen MR) is 48.8 cm³/mol. The number of aryl methyl sites for hydroxylation is 1. The summed E-state index contributed by atoms with van der Waals surface area (Å²) in [6, 6.07) is 3.72. The summed E-state index contributed by atoms with van der Waals surface area (Å²) in [5.74, 6) is 0.130. The third-order valence-corrected chi connectivity index (χ3v) is 1.93. The molecule has 72 valence electrons. The molecular weight excluding hydrogens is 182 g/mol. The van der Waals surface area contributed by atoms with Gasteiger partial charge in [-0.15, -0.1) is 0 Å². The van der Waals surface area contributed by atoms with Crippen LogP contribution in [0.25, 0.3) is 0 Å². The molecule has 14 heavy (non-hydrogen) atoms. The molecule has 0 saturated carbocycles. The summed E-state index contributed by atoms with van der Waals surface area (Å²) in [4.78, 5) is 15.1. The Hall–Kier alpha value is -1.91. The Morgan fingerprint density at radius 3 is 3.00 bits per heavy atom. The van der Waals surface area contributed by atoms with Crippen molar-refractivity contribution in [2.75, 3.05) is 0 Å². The summed E-state index contributed by atoms with van der Waals surface area (Å²) in [5, 5.41) is 3.57. The van der Waals surface area contributed by atoms with Gasteiger partial charge in [0.25, 0.3) is 0 Å². The van der Waals surface area contributed by atoms with Crippen molar-refractivity contribution in [3.05, 3.63) is 46.5 Å². The maximum Gasteiger partial charge on any atom is 0.441 e. The summed E-state index contributed by atoms with van der Waals surface area (Å²) < 4.78 is 5.96. The standard InChI is InChI=1S/C9H9N3O2/c1-7-11-14-9(13)12(7)6-8-3-2-4-10-5-8/h2-5H,6H2,1H3. The largest absolute Gasteiger partial charge is 0.441 e. The van der Waals surface area contributed by atoms with Gasteiger partial charge < -0.3 is 0 Å². The van der Waals surface area contributed by atoms with Crippen LogP contribution < -0.4 is 5.76 Å². The van der Waals surface area contributed by atoms with E-state index in [9.17, 15) is 4.79 Å². The molecule has 5 heteroatoms. The van der Waals surface area contributed by atoms with Gasteiger partial charge in [0.15, 0.2) is 5.82 Å². The van der Waals surface area contributed by atoms with Crippen molar-refractivity contribution in [2.45, 2.75) is 13.5 Å². The fourth-order valence-electron chi connectivity index (χ4n) is 1.19. The average Bonchev–Trinajstić information content (AvgIpc) is 2.51. The zero-order valence-corrected chi connectivity index (χ0v) is 7.67. The van der Waals surface area contributed by atoms with Crippen molar-refractivity contribution in [2.24, 2.45) is 0 Å². The molecule has 2 rings (SSSR count). The lowest BCUT2D eigenvalue weighted by molar-refractivity contribution is 0.375. The van der Waals surface area contributed by atoms with E-state index in [-0.39, 0.29) is 0 Å². The Balaban J connectivity index is 2.32. The van der Waals surface area contributed by atoms with Crippen LogP contribution in [0.5, 0.6) is 0 Å². The van der Waals surface area contributed by atoms with E-state index in [1.807, 2.05) is 12.1 Å². The molecule has 2 aromatic heterocycles. The van der Waals surface area contributed by atoms with E-state index < -0.39 is 5.76 Å². The molecule has 0 N–H and O–H groups in total. The molecule has 0 fully saturated rings. The predicted octanol–water partition coefficient (Wildman–Crippen LogP) is 0.588.